The summed E-state index contributed by atoms with van der Waals surface area (Å²) >= 11 is 0. The quantitative estimate of drug-likeness (QED) is 0.152. The first-order valence-corrected chi connectivity index (χ1v) is 26.2. The average Bonchev–Trinajstić information content (AvgIpc) is 4.16. The fourth-order valence-corrected chi connectivity index (χ4v) is 12.1. The van der Waals surface area contributed by atoms with Gasteiger partial charge in [0, 0.05) is 44.3 Å². The van der Waals surface area contributed by atoms with Crippen LogP contribution in [0, 0.1) is 27.7 Å². The van der Waals surface area contributed by atoms with E-state index >= 15 is 0 Å². The molecule has 0 saturated heterocycles. The first-order chi connectivity index (χ1) is 37.3. The van der Waals surface area contributed by atoms with Crippen LogP contribution in [-0.2, 0) is 0 Å². The van der Waals surface area contributed by atoms with Crippen molar-refractivity contribution in [3.8, 4) is 44.5 Å². The summed E-state index contributed by atoms with van der Waals surface area (Å²) in [4.78, 5) is 4.86. The van der Waals surface area contributed by atoms with E-state index in [4.69, 9.17) is 8.83 Å². The highest BCUT2D eigenvalue weighted by Crippen LogP contribution is 2.53. The van der Waals surface area contributed by atoms with Gasteiger partial charge >= 0.3 is 0 Å². The number of aryl methyl sites for hydroxylation is 4. The van der Waals surface area contributed by atoms with Crippen molar-refractivity contribution in [3.63, 3.8) is 0 Å². The Labute approximate surface area is 440 Å². The number of rotatable bonds is 8. The third kappa shape index (κ3) is 6.84. The number of anilines is 6. The summed E-state index contributed by atoms with van der Waals surface area (Å²) < 4.78 is 13.7. The van der Waals surface area contributed by atoms with Gasteiger partial charge < -0.3 is 18.6 Å². The van der Waals surface area contributed by atoms with Gasteiger partial charge in [-0.1, -0.05) is 158 Å². The van der Waals surface area contributed by atoms with Crippen molar-refractivity contribution in [2.24, 2.45) is 0 Å². The topological polar surface area (TPSA) is 32.8 Å². The fourth-order valence-electron chi connectivity index (χ4n) is 12.1. The zero-order valence-electron chi connectivity index (χ0n) is 42.7. The van der Waals surface area contributed by atoms with E-state index < -0.39 is 0 Å². The van der Waals surface area contributed by atoms with Crippen molar-refractivity contribution in [3.05, 3.63) is 253 Å². The van der Waals surface area contributed by atoms with Crippen LogP contribution in [0.4, 0.5) is 34.1 Å². The van der Waals surface area contributed by atoms with E-state index in [-0.39, 0.29) is 0 Å². The maximum Gasteiger partial charge on any atom is 0.159 e. The lowest BCUT2D eigenvalue weighted by molar-refractivity contribution is 0.668. The monoisotopic (exact) mass is 974 g/mol. The molecule has 2 aromatic heterocycles. The SMILES string of the molecule is Cc1ccc(-c2ccccc2)cc1N(c1ccc2cc3c(cc2c1)-c1cc2ccc(N(c4cc(-c5ccccc5)ccc4C)c4c(C)ccc5c4oc4ccccc45)cc2cc1-3)c1c(C)ccc2c1oc1ccccc12. The smallest absolute Gasteiger partial charge is 0.159 e. The van der Waals surface area contributed by atoms with Crippen LogP contribution in [0.25, 0.3) is 110 Å². The third-order valence-electron chi connectivity index (χ3n) is 16.0. The predicted octanol–water partition coefficient (Wildman–Crippen LogP) is 20.9. The molecule has 76 heavy (non-hydrogen) atoms. The second kappa shape index (κ2) is 17.0. The maximum atomic E-state index is 6.83. The molecule has 0 spiro atoms. The van der Waals surface area contributed by atoms with Crippen molar-refractivity contribution in [2.45, 2.75) is 27.7 Å². The standard InChI is InChI=1S/C72H50N2O2/c1-43-23-27-51(47-15-7-5-8-16-47)41-65(43)73(69-45(3)25-33-59-57-19-11-13-21-67(57)75-71(59)69)55-31-29-49-37-61-63(39-53(49)35-55)62-38-50-30-32-56(36-54(50)40-64(61)62)74(66-42-52(28-24-44(66)2)48-17-9-6-10-18-48)70-46(4)26-34-60-58-20-12-14-22-68(58)76-72(60)70/h5-42H,1-4H3. The molecule has 0 atom stereocenters. The molecule has 0 saturated carbocycles. The van der Waals surface area contributed by atoms with Crippen molar-refractivity contribution in [1.82, 2.24) is 0 Å². The molecule has 0 bridgehead atoms. The van der Waals surface area contributed by atoms with Gasteiger partial charge in [0.2, 0.25) is 0 Å². The van der Waals surface area contributed by atoms with Crippen molar-refractivity contribution >= 4 is 99.5 Å². The molecular weight excluding hydrogens is 925 g/mol. The highest BCUT2D eigenvalue weighted by atomic mass is 16.3. The Morgan fingerprint density at radius 2 is 0.658 bits per heavy atom. The third-order valence-corrected chi connectivity index (χ3v) is 16.0. The molecule has 360 valence electrons. The van der Waals surface area contributed by atoms with Gasteiger partial charge in [-0.2, -0.15) is 0 Å². The zero-order chi connectivity index (χ0) is 50.8. The molecular formula is C72H50N2O2. The maximum absolute atomic E-state index is 6.83. The average molecular weight is 975 g/mol. The summed E-state index contributed by atoms with van der Waals surface area (Å²) in [6.45, 7) is 8.82. The Balaban J connectivity index is 0.867. The van der Waals surface area contributed by atoms with Crippen LogP contribution in [0.2, 0.25) is 0 Å². The molecule has 0 aliphatic heterocycles. The van der Waals surface area contributed by atoms with Crippen molar-refractivity contribution < 1.29 is 8.83 Å². The summed E-state index contributed by atoms with van der Waals surface area (Å²) in [7, 11) is 0. The molecule has 0 amide bonds. The van der Waals surface area contributed by atoms with Gasteiger partial charge in [0.25, 0.3) is 0 Å². The lowest BCUT2D eigenvalue weighted by atomic mass is 9.78. The summed E-state index contributed by atoms with van der Waals surface area (Å²) in [6.07, 6.45) is 0. The van der Waals surface area contributed by atoms with E-state index in [2.05, 4.69) is 256 Å². The number of para-hydroxylation sites is 2. The number of benzene rings is 12. The number of fused-ring (bicyclic) bond motifs is 12. The molecule has 15 rings (SSSR count). The van der Waals surface area contributed by atoms with E-state index in [0.717, 1.165) is 100 Å². The van der Waals surface area contributed by atoms with Crippen LogP contribution in [0.3, 0.4) is 0 Å². The van der Waals surface area contributed by atoms with Crippen LogP contribution >= 0.6 is 0 Å². The van der Waals surface area contributed by atoms with E-state index in [9.17, 15) is 0 Å². The molecule has 14 aromatic rings. The number of hydrogen-bond donors (Lipinski definition) is 0. The van der Waals surface area contributed by atoms with E-state index in [0.29, 0.717) is 0 Å². The molecule has 4 nitrogen and oxygen atoms in total. The molecule has 1 aliphatic rings. The van der Waals surface area contributed by atoms with Gasteiger partial charge in [-0.05, 0) is 189 Å². The second-order valence-electron chi connectivity index (χ2n) is 20.7. The highest BCUT2D eigenvalue weighted by molar-refractivity contribution is 6.15. The number of hydrogen-bond acceptors (Lipinski definition) is 4. The van der Waals surface area contributed by atoms with Gasteiger partial charge in [-0.25, -0.2) is 0 Å². The van der Waals surface area contributed by atoms with Crippen LogP contribution in [0.1, 0.15) is 22.3 Å². The number of nitrogens with zero attached hydrogens (tertiary/aromatic N) is 2. The zero-order valence-corrected chi connectivity index (χ0v) is 42.7. The molecule has 2 heterocycles. The predicted molar refractivity (Wildman–Crippen MR) is 320 cm³/mol. The van der Waals surface area contributed by atoms with Crippen LogP contribution < -0.4 is 9.80 Å². The molecule has 0 radical (unpaired) electrons. The minimum atomic E-state index is 0.882. The van der Waals surface area contributed by atoms with E-state index in [1.54, 1.807) is 0 Å². The van der Waals surface area contributed by atoms with Crippen LogP contribution in [0.5, 0.6) is 0 Å². The van der Waals surface area contributed by atoms with Crippen molar-refractivity contribution in [2.75, 3.05) is 9.80 Å². The summed E-state index contributed by atoms with van der Waals surface area (Å²) in [5.41, 5.74) is 24.4. The largest absolute Gasteiger partial charge is 0.454 e. The molecule has 0 N–H and O–H groups in total. The molecule has 12 aromatic carbocycles. The summed E-state index contributed by atoms with van der Waals surface area (Å²) in [5, 5.41) is 9.22. The van der Waals surface area contributed by atoms with Crippen molar-refractivity contribution in [1.29, 1.82) is 0 Å². The summed E-state index contributed by atoms with van der Waals surface area (Å²) in [5.74, 6) is 0. The lowest BCUT2D eigenvalue weighted by Crippen LogP contribution is -2.13. The second-order valence-corrected chi connectivity index (χ2v) is 20.7. The Bertz CT molecular complexity index is 4380. The minimum absolute atomic E-state index is 0.882. The highest BCUT2D eigenvalue weighted by Gasteiger charge is 2.28. The van der Waals surface area contributed by atoms with E-state index in [1.165, 1.54) is 66.1 Å². The first kappa shape index (κ1) is 43.9. The Morgan fingerprint density at radius 1 is 0.276 bits per heavy atom. The Hall–Kier alpha value is -9.64. The van der Waals surface area contributed by atoms with Gasteiger partial charge in [0.15, 0.2) is 11.2 Å². The fraction of sp³-hybridized carbons (Fsp3) is 0.0556. The Kier molecular flexibility index (Phi) is 9.79. The van der Waals surface area contributed by atoms with Gasteiger partial charge in [0.05, 0.1) is 11.4 Å². The molecule has 4 heteroatoms. The lowest BCUT2D eigenvalue weighted by Gasteiger charge is -2.30. The van der Waals surface area contributed by atoms with Gasteiger partial charge in [-0.15, -0.1) is 0 Å². The minimum Gasteiger partial charge on any atom is -0.454 e. The number of furan rings is 2. The van der Waals surface area contributed by atoms with Gasteiger partial charge in [0.1, 0.15) is 11.2 Å². The first-order valence-electron chi connectivity index (χ1n) is 26.2. The summed E-state index contributed by atoms with van der Waals surface area (Å²) in [6, 6.07) is 84.0. The molecule has 0 unspecified atom stereocenters. The van der Waals surface area contributed by atoms with Crippen LogP contribution in [-0.4, -0.2) is 0 Å². The van der Waals surface area contributed by atoms with Crippen LogP contribution in [0.15, 0.2) is 239 Å². The molecule has 0 fully saturated rings. The normalized spacial score (nSPS) is 11.9. The Morgan fingerprint density at radius 3 is 1.09 bits per heavy atom. The van der Waals surface area contributed by atoms with Gasteiger partial charge in [-0.3, -0.25) is 0 Å². The molecule has 1 aliphatic carbocycles. The van der Waals surface area contributed by atoms with E-state index in [1.807, 2.05) is 12.1 Å².